The zero-order valence-electron chi connectivity index (χ0n) is 11.5. The van der Waals surface area contributed by atoms with Crippen LogP contribution in [0, 0.1) is 18.3 Å². The second kappa shape index (κ2) is 5.30. The van der Waals surface area contributed by atoms with Crippen molar-refractivity contribution in [2.45, 2.75) is 13.0 Å². The highest BCUT2D eigenvalue weighted by Crippen LogP contribution is 2.37. The predicted molar refractivity (Wildman–Crippen MR) is 81.8 cm³/mol. The summed E-state index contributed by atoms with van der Waals surface area (Å²) >= 11 is 0. The van der Waals surface area contributed by atoms with Crippen molar-refractivity contribution in [3.63, 3.8) is 0 Å². The van der Waals surface area contributed by atoms with Gasteiger partial charge in [0.25, 0.3) is 0 Å². The number of nitrogens with one attached hydrogen (secondary N) is 1. The van der Waals surface area contributed by atoms with Gasteiger partial charge in [-0.3, -0.25) is 0 Å². The van der Waals surface area contributed by atoms with Gasteiger partial charge in [0.05, 0.1) is 12.6 Å². The summed E-state index contributed by atoms with van der Waals surface area (Å²) in [5.74, 6) is 4.04. The van der Waals surface area contributed by atoms with E-state index in [2.05, 4.69) is 24.2 Å². The van der Waals surface area contributed by atoms with Crippen molar-refractivity contribution in [1.29, 1.82) is 0 Å². The molecule has 3 rings (SSSR count). The van der Waals surface area contributed by atoms with Crippen LogP contribution in [0.25, 0.3) is 0 Å². The van der Waals surface area contributed by atoms with E-state index in [-0.39, 0.29) is 6.04 Å². The fraction of sp³-hybridized carbons (Fsp3) is 0.222. The highest BCUT2D eigenvalue weighted by Gasteiger charge is 2.27. The Hall–Kier alpha value is -2.40. The van der Waals surface area contributed by atoms with Crippen LogP contribution in [0.1, 0.15) is 24.1 Å². The first-order valence-corrected chi connectivity index (χ1v) is 6.83. The molecule has 0 saturated heterocycles. The van der Waals surface area contributed by atoms with Crippen molar-refractivity contribution < 1.29 is 4.74 Å². The molecule has 0 spiro atoms. The Labute approximate surface area is 119 Å². The topological polar surface area (TPSA) is 21.3 Å². The molecule has 0 amide bonds. The second-order valence-electron chi connectivity index (χ2n) is 5.17. The van der Waals surface area contributed by atoms with E-state index in [9.17, 15) is 0 Å². The fourth-order valence-corrected chi connectivity index (χ4v) is 2.59. The normalized spacial score (nSPS) is 20.4. The number of fused-ring (bicyclic) bond motifs is 1. The van der Waals surface area contributed by atoms with Crippen LogP contribution in [0.2, 0.25) is 0 Å². The molecular weight excluding hydrogens is 246 g/mol. The van der Waals surface area contributed by atoms with Crippen LogP contribution in [0.15, 0.2) is 48.5 Å². The summed E-state index contributed by atoms with van der Waals surface area (Å²) in [6.07, 6.45) is 5.46. The molecule has 2 heteroatoms. The molecule has 0 aromatic heterocycles. The van der Waals surface area contributed by atoms with Gasteiger partial charge in [0.15, 0.2) is 0 Å². The lowest BCUT2D eigenvalue weighted by Gasteiger charge is -2.32. The summed E-state index contributed by atoms with van der Waals surface area (Å²) in [4.78, 5) is 0. The van der Waals surface area contributed by atoms with E-state index in [0.29, 0.717) is 5.92 Å². The molecule has 2 atom stereocenters. The Balaban J connectivity index is 1.92. The number of ether oxygens (including phenoxy) is 1. The molecule has 0 saturated carbocycles. The van der Waals surface area contributed by atoms with E-state index >= 15 is 0 Å². The quantitative estimate of drug-likeness (QED) is 0.831. The van der Waals surface area contributed by atoms with Crippen molar-refractivity contribution in [2.24, 2.45) is 5.92 Å². The van der Waals surface area contributed by atoms with Crippen LogP contribution in [-0.4, -0.2) is 6.61 Å². The van der Waals surface area contributed by atoms with Gasteiger partial charge in [0, 0.05) is 22.7 Å². The zero-order chi connectivity index (χ0) is 13.9. The van der Waals surface area contributed by atoms with Gasteiger partial charge in [0.2, 0.25) is 0 Å². The number of hydrogen-bond donors (Lipinski definition) is 1. The Morgan fingerprint density at radius 2 is 2.05 bits per heavy atom. The molecule has 100 valence electrons. The first kappa shape index (κ1) is 12.6. The lowest BCUT2D eigenvalue weighted by atomic mass is 9.91. The minimum Gasteiger partial charge on any atom is -0.493 e. The van der Waals surface area contributed by atoms with Crippen molar-refractivity contribution in [3.05, 3.63) is 59.7 Å². The van der Waals surface area contributed by atoms with Crippen LogP contribution in [0.4, 0.5) is 5.69 Å². The summed E-state index contributed by atoms with van der Waals surface area (Å²) < 4.78 is 5.78. The molecule has 2 aromatic rings. The van der Waals surface area contributed by atoms with Gasteiger partial charge in [-0.25, -0.2) is 0 Å². The lowest BCUT2D eigenvalue weighted by molar-refractivity contribution is 0.214. The number of terminal acetylenes is 1. The van der Waals surface area contributed by atoms with Crippen molar-refractivity contribution in [3.8, 4) is 18.1 Å². The van der Waals surface area contributed by atoms with Crippen LogP contribution in [0.3, 0.4) is 0 Å². The van der Waals surface area contributed by atoms with E-state index < -0.39 is 0 Å². The number of rotatable bonds is 2. The van der Waals surface area contributed by atoms with E-state index in [1.807, 2.05) is 42.5 Å². The summed E-state index contributed by atoms with van der Waals surface area (Å²) in [7, 11) is 0. The third kappa shape index (κ3) is 2.35. The lowest BCUT2D eigenvalue weighted by Crippen LogP contribution is -2.28. The molecular formula is C18H17NO. The van der Waals surface area contributed by atoms with Gasteiger partial charge >= 0.3 is 0 Å². The molecule has 0 bridgehead atoms. The summed E-state index contributed by atoms with van der Waals surface area (Å²) in [6.45, 7) is 2.92. The van der Waals surface area contributed by atoms with Crippen molar-refractivity contribution in [1.82, 2.24) is 0 Å². The van der Waals surface area contributed by atoms with Gasteiger partial charge in [-0.15, -0.1) is 6.42 Å². The van der Waals surface area contributed by atoms with Crippen LogP contribution in [-0.2, 0) is 0 Å². The minimum absolute atomic E-state index is 0.243. The van der Waals surface area contributed by atoms with Gasteiger partial charge in [-0.2, -0.15) is 0 Å². The maximum atomic E-state index is 5.78. The molecule has 2 aromatic carbocycles. The van der Waals surface area contributed by atoms with E-state index in [1.54, 1.807) is 0 Å². The molecule has 0 aliphatic carbocycles. The Bertz CT molecular complexity index is 656. The summed E-state index contributed by atoms with van der Waals surface area (Å²) in [5, 5.41) is 3.59. The molecule has 1 aliphatic rings. The number of benzene rings is 2. The SMILES string of the molecule is C#Cc1cccc(NC2c3ccccc3OCC2C)c1. The van der Waals surface area contributed by atoms with E-state index in [0.717, 1.165) is 23.6 Å². The highest BCUT2D eigenvalue weighted by molar-refractivity contribution is 5.53. The van der Waals surface area contributed by atoms with Crippen LogP contribution >= 0.6 is 0 Å². The molecule has 0 fully saturated rings. The zero-order valence-corrected chi connectivity index (χ0v) is 11.5. The second-order valence-corrected chi connectivity index (χ2v) is 5.17. The van der Waals surface area contributed by atoms with Gasteiger partial charge in [0.1, 0.15) is 5.75 Å². The van der Waals surface area contributed by atoms with Crippen molar-refractivity contribution in [2.75, 3.05) is 11.9 Å². The van der Waals surface area contributed by atoms with Gasteiger partial charge in [-0.1, -0.05) is 37.1 Å². The molecule has 1 aliphatic heterocycles. The number of hydrogen-bond acceptors (Lipinski definition) is 2. The van der Waals surface area contributed by atoms with Gasteiger partial charge < -0.3 is 10.1 Å². The summed E-state index contributed by atoms with van der Waals surface area (Å²) in [6, 6.07) is 16.4. The molecule has 0 radical (unpaired) electrons. The Morgan fingerprint density at radius 1 is 1.20 bits per heavy atom. The van der Waals surface area contributed by atoms with Crippen LogP contribution in [0.5, 0.6) is 5.75 Å². The standard InChI is InChI=1S/C18H17NO/c1-3-14-7-6-8-15(11-14)19-18-13(2)12-20-17-10-5-4-9-16(17)18/h1,4-11,13,18-19H,12H2,2H3. The minimum atomic E-state index is 0.243. The monoisotopic (exact) mass is 263 g/mol. The van der Waals surface area contributed by atoms with Crippen molar-refractivity contribution >= 4 is 5.69 Å². The number of para-hydroxylation sites is 1. The predicted octanol–water partition coefficient (Wildman–Crippen LogP) is 3.85. The molecule has 1 N–H and O–H groups in total. The Kier molecular flexibility index (Phi) is 3.35. The molecule has 20 heavy (non-hydrogen) atoms. The van der Waals surface area contributed by atoms with Gasteiger partial charge in [-0.05, 0) is 24.3 Å². The van der Waals surface area contributed by atoms with Crippen LogP contribution < -0.4 is 10.1 Å². The maximum Gasteiger partial charge on any atom is 0.124 e. The maximum absolute atomic E-state index is 5.78. The third-order valence-electron chi connectivity index (χ3n) is 3.68. The summed E-state index contributed by atoms with van der Waals surface area (Å²) in [5.41, 5.74) is 3.15. The van der Waals surface area contributed by atoms with E-state index in [4.69, 9.17) is 11.2 Å². The molecule has 2 nitrogen and oxygen atoms in total. The smallest absolute Gasteiger partial charge is 0.124 e. The molecule has 2 unspecified atom stereocenters. The average molecular weight is 263 g/mol. The highest BCUT2D eigenvalue weighted by atomic mass is 16.5. The first-order valence-electron chi connectivity index (χ1n) is 6.83. The first-order chi connectivity index (χ1) is 9.78. The number of anilines is 1. The Morgan fingerprint density at radius 3 is 2.90 bits per heavy atom. The third-order valence-corrected chi connectivity index (χ3v) is 3.68. The van der Waals surface area contributed by atoms with E-state index in [1.165, 1.54) is 5.56 Å². The largest absolute Gasteiger partial charge is 0.493 e. The average Bonchev–Trinajstić information content (AvgIpc) is 2.50. The fourth-order valence-electron chi connectivity index (χ4n) is 2.59. The molecule has 1 heterocycles.